The Balaban J connectivity index is 1.77. The van der Waals surface area contributed by atoms with Gasteiger partial charge in [0.15, 0.2) is 0 Å². The Bertz CT molecular complexity index is 626. The van der Waals surface area contributed by atoms with Crippen LogP contribution in [0.4, 0.5) is 4.39 Å². The van der Waals surface area contributed by atoms with Crippen LogP contribution < -0.4 is 0 Å². The van der Waals surface area contributed by atoms with Crippen LogP contribution in [-0.4, -0.2) is 11.2 Å². The fourth-order valence-corrected chi connectivity index (χ4v) is 3.47. The van der Waals surface area contributed by atoms with E-state index < -0.39 is 6.10 Å². The Morgan fingerprint density at radius 2 is 2.05 bits per heavy atom. The molecule has 3 heteroatoms. The average molecular weight is 335 g/mol. The van der Waals surface area contributed by atoms with Gasteiger partial charge in [-0.25, -0.2) is 4.39 Å². The number of aryl methyl sites for hydroxylation is 1. The Morgan fingerprint density at radius 1 is 1.25 bits per heavy atom. The second-order valence-corrected chi connectivity index (χ2v) is 6.22. The largest absolute Gasteiger partial charge is 0.392 e. The zero-order valence-electron chi connectivity index (χ0n) is 11.0. The third-order valence-electron chi connectivity index (χ3n) is 4.07. The summed E-state index contributed by atoms with van der Waals surface area (Å²) in [6.07, 6.45) is 2.15. The van der Waals surface area contributed by atoms with Crippen molar-refractivity contribution >= 4 is 15.9 Å². The minimum absolute atomic E-state index is 0.190. The van der Waals surface area contributed by atoms with E-state index in [9.17, 15) is 9.50 Å². The zero-order valence-corrected chi connectivity index (χ0v) is 12.6. The number of aliphatic hydroxyl groups is 1. The second-order valence-electron chi connectivity index (χ2n) is 5.36. The van der Waals surface area contributed by atoms with Crippen molar-refractivity contribution in [2.24, 2.45) is 0 Å². The van der Waals surface area contributed by atoms with E-state index in [0.717, 1.165) is 18.4 Å². The minimum Gasteiger partial charge on any atom is -0.392 e. The molecule has 3 rings (SSSR count). The third kappa shape index (κ3) is 2.65. The average Bonchev–Trinajstić information content (AvgIpc) is 2.87. The summed E-state index contributed by atoms with van der Waals surface area (Å²) in [4.78, 5) is 0. The highest BCUT2D eigenvalue weighted by molar-refractivity contribution is 9.10. The van der Waals surface area contributed by atoms with Gasteiger partial charge in [0.1, 0.15) is 5.82 Å². The Kier molecular flexibility index (Phi) is 3.90. The lowest BCUT2D eigenvalue weighted by molar-refractivity contribution is 0.143. The first kappa shape index (κ1) is 13.8. The first-order chi connectivity index (χ1) is 9.65. The first-order valence-electron chi connectivity index (χ1n) is 6.85. The maximum absolute atomic E-state index is 13.2. The van der Waals surface area contributed by atoms with Crippen molar-refractivity contribution in [3.05, 3.63) is 69.4 Å². The second kappa shape index (κ2) is 5.66. The summed E-state index contributed by atoms with van der Waals surface area (Å²) < 4.78 is 13.7. The van der Waals surface area contributed by atoms with Crippen molar-refractivity contribution in [2.75, 3.05) is 0 Å². The fraction of sp³-hybridized carbons (Fsp3) is 0.294. The van der Waals surface area contributed by atoms with Crippen LogP contribution in [0.3, 0.4) is 0 Å². The lowest BCUT2D eigenvalue weighted by Crippen LogP contribution is -2.19. The molecule has 0 aromatic heterocycles. The maximum atomic E-state index is 13.2. The van der Waals surface area contributed by atoms with Crippen LogP contribution in [0.2, 0.25) is 0 Å². The van der Waals surface area contributed by atoms with E-state index >= 15 is 0 Å². The van der Waals surface area contributed by atoms with Crippen molar-refractivity contribution in [1.29, 1.82) is 0 Å². The molecule has 0 aliphatic heterocycles. The van der Waals surface area contributed by atoms with E-state index in [-0.39, 0.29) is 11.7 Å². The SMILES string of the molecule is OC(Cc1ccc(F)c(Br)c1)C1CCc2ccccc21. The molecule has 1 aliphatic rings. The molecular weight excluding hydrogens is 319 g/mol. The van der Waals surface area contributed by atoms with Gasteiger partial charge < -0.3 is 5.11 Å². The molecule has 0 saturated carbocycles. The molecule has 2 atom stereocenters. The molecule has 2 aromatic rings. The molecule has 1 nitrogen and oxygen atoms in total. The quantitative estimate of drug-likeness (QED) is 0.890. The van der Waals surface area contributed by atoms with Crippen molar-refractivity contribution in [2.45, 2.75) is 31.3 Å². The lowest BCUT2D eigenvalue weighted by atomic mass is 9.91. The highest BCUT2D eigenvalue weighted by atomic mass is 79.9. The van der Waals surface area contributed by atoms with Crippen LogP contribution in [0.5, 0.6) is 0 Å². The molecule has 20 heavy (non-hydrogen) atoms. The van der Waals surface area contributed by atoms with E-state index in [1.807, 2.05) is 12.1 Å². The minimum atomic E-state index is -0.420. The van der Waals surface area contributed by atoms with E-state index in [4.69, 9.17) is 0 Å². The summed E-state index contributed by atoms with van der Waals surface area (Å²) in [5.74, 6) is -0.0792. The Labute approximate surface area is 126 Å². The molecule has 0 amide bonds. The number of aliphatic hydroxyl groups excluding tert-OH is 1. The number of halogens is 2. The predicted molar refractivity (Wildman–Crippen MR) is 81.3 cm³/mol. The van der Waals surface area contributed by atoms with E-state index in [0.29, 0.717) is 10.9 Å². The highest BCUT2D eigenvalue weighted by Crippen LogP contribution is 2.36. The van der Waals surface area contributed by atoms with Gasteiger partial charge in [0, 0.05) is 5.92 Å². The molecule has 0 spiro atoms. The Hall–Kier alpha value is -1.19. The monoisotopic (exact) mass is 334 g/mol. The van der Waals surface area contributed by atoms with Gasteiger partial charge >= 0.3 is 0 Å². The van der Waals surface area contributed by atoms with Crippen molar-refractivity contribution < 1.29 is 9.50 Å². The molecule has 1 N–H and O–H groups in total. The topological polar surface area (TPSA) is 20.2 Å². The molecule has 104 valence electrons. The normalized spacial score (nSPS) is 18.9. The number of benzene rings is 2. The Morgan fingerprint density at radius 3 is 2.85 bits per heavy atom. The van der Waals surface area contributed by atoms with Gasteiger partial charge in [-0.1, -0.05) is 30.3 Å². The van der Waals surface area contributed by atoms with Gasteiger partial charge in [-0.2, -0.15) is 0 Å². The molecule has 2 unspecified atom stereocenters. The summed E-state index contributed by atoms with van der Waals surface area (Å²) >= 11 is 3.19. The van der Waals surface area contributed by atoms with Gasteiger partial charge in [-0.15, -0.1) is 0 Å². The van der Waals surface area contributed by atoms with E-state index in [2.05, 4.69) is 28.1 Å². The van der Waals surface area contributed by atoms with Gasteiger partial charge in [0.25, 0.3) is 0 Å². The lowest BCUT2D eigenvalue weighted by Gasteiger charge is -2.19. The molecule has 2 aromatic carbocycles. The number of rotatable bonds is 3. The van der Waals surface area contributed by atoms with E-state index in [1.165, 1.54) is 17.2 Å². The van der Waals surface area contributed by atoms with Crippen molar-refractivity contribution in [1.82, 2.24) is 0 Å². The van der Waals surface area contributed by atoms with Crippen LogP contribution in [0.15, 0.2) is 46.9 Å². The standard InChI is InChI=1S/C17H16BrFO/c18-15-9-11(5-8-16(15)19)10-17(20)14-7-6-12-3-1-2-4-13(12)14/h1-5,8-9,14,17,20H,6-7,10H2. The molecular formula is C17H16BrFO. The van der Waals surface area contributed by atoms with Gasteiger partial charge in [-0.3, -0.25) is 0 Å². The van der Waals surface area contributed by atoms with Crippen LogP contribution >= 0.6 is 15.9 Å². The smallest absolute Gasteiger partial charge is 0.137 e. The summed E-state index contributed by atoms with van der Waals surface area (Å²) in [5.41, 5.74) is 3.56. The molecule has 0 heterocycles. The summed E-state index contributed by atoms with van der Waals surface area (Å²) in [7, 11) is 0. The number of hydrogen-bond acceptors (Lipinski definition) is 1. The summed E-state index contributed by atoms with van der Waals surface area (Å²) in [6, 6.07) is 13.2. The molecule has 0 radical (unpaired) electrons. The van der Waals surface area contributed by atoms with Crippen LogP contribution in [-0.2, 0) is 12.8 Å². The third-order valence-corrected chi connectivity index (χ3v) is 4.68. The van der Waals surface area contributed by atoms with Gasteiger partial charge in [0.2, 0.25) is 0 Å². The molecule has 0 fully saturated rings. The molecule has 0 bridgehead atoms. The van der Waals surface area contributed by atoms with Gasteiger partial charge in [-0.05, 0) is 64.0 Å². The fourth-order valence-electron chi connectivity index (χ4n) is 3.04. The van der Waals surface area contributed by atoms with Gasteiger partial charge in [0.05, 0.1) is 10.6 Å². The van der Waals surface area contributed by atoms with E-state index in [1.54, 1.807) is 12.1 Å². The first-order valence-corrected chi connectivity index (χ1v) is 7.64. The zero-order chi connectivity index (χ0) is 14.1. The number of hydrogen-bond donors (Lipinski definition) is 1. The molecule has 0 saturated heterocycles. The number of fused-ring (bicyclic) bond motifs is 1. The molecule has 1 aliphatic carbocycles. The van der Waals surface area contributed by atoms with Crippen molar-refractivity contribution in [3.8, 4) is 0 Å². The van der Waals surface area contributed by atoms with Crippen LogP contribution in [0.1, 0.15) is 29.0 Å². The summed E-state index contributed by atoms with van der Waals surface area (Å²) in [5, 5.41) is 10.5. The van der Waals surface area contributed by atoms with Crippen LogP contribution in [0, 0.1) is 5.82 Å². The summed E-state index contributed by atoms with van der Waals surface area (Å²) in [6.45, 7) is 0. The predicted octanol–water partition coefficient (Wildman–Crippen LogP) is 4.22. The maximum Gasteiger partial charge on any atom is 0.137 e. The van der Waals surface area contributed by atoms with Crippen molar-refractivity contribution in [3.63, 3.8) is 0 Å². The highest BCUT2D eigenvalue weighted by Gasteiger charge is 2.28. The van der Waals surface area contributed by atoms with Crippen LogP contribution in [0.25, 0.3) is 0 Å².